The Kier molecular flexibility index (Phi) is 3.42. The molecular weight excluding hydrogens is 242 g/mol. The van der Waals surface area contributed by atoms with Gasteiger partial charge in [-0.05, 0) is 24.3 Å². The average molecular weight is 262 g/mol. The molecule has 102 valence electrons. The smallest absolute Gasteiger partial charge is 0.338 e. The van der Waals surface area contributed by atoms with Crippen molar-refractivity contribution in [3.63, 3.8) is 0 Å². The van der Waals surface area contributed by atoms with E-state index >= 15 is 0 Å². The number of nitrogens with one attached hydrogen (secondary N) is 1. The van der Waals surface area contributed by atoms with Crippen molar-refractivity contribution in [2.75, 3.05) is 26.7 Å². The normalized spacial score (nSPS) is 29.0. The molecule has 2 bridgehead atoms. The van der Waals surface area contributed by atoms with Crippen LogP contribution in [0.3, 0.4) is 0 Å². The molecule has 0 aromatic heterocycles. The second-order valence-electron chi connectivity index (χ2n) is 5.46. The van der Waals surface area contributed by atoms with Crippen LogP contribution in [0.4, 0.5) is 0 Å². The molecule has 3 aliphatic rings. The summed E-state index contributed by atoms with van der Waals surface area (Å²) in [5.74, 6) is 1.12. The van der Waals surface area contributed by atoms with Gasteiger partial charge in [-0.1, -0.05) is 0 Å². The SMILES string of the molecule is COc1ccc(C(=O)O[C@@H]2C[NH+]3CCC2CC3)cc1. The molecule has 1 atom stereocenters. The summed E-state index contributed by atoms with van der Waals surface area (Å²) in [7, 11) is 1.61. The second kappa shape index (κ2) is 5.21. The molecule has 0 saturated carbocycles. The van der Waals surface area contributed by atoms with Crippen LogP contribution in [0.1, 0.15) is 23.2 Å². The Hall–Kier alpha value is -1.55. The number of carbonyl (C=O) groups excluding carboxylic acids is 1. The summed E-state index contributed by atoms with van der Waals surface area (Å²) in [6, 6.07) is 7.10. The Morgan fingerprint density at radius 1 is 1.21 bits per heavy atom. The van der Waals surface area contributed by atoms with Crippen LogP contribution in [-0.2, 0) is 4.74 Å². The van der Waals surface area contributed by atoms with E-state index in [-0.39, 0.29) is 12.1 Å². The van der Waals surface area contributed by atoms with Crippen molar-refractivity contribution in [3.8, 4) is 5.75 Å². The van der Waals surface area contributed by atoms with E-state index in [1.165, 1.54) is 25.9 Å². The highest BCUT2D eigenvalue weighted by atomic mass is 16.5. The summed E-state index contributed by atoms with van der Waals surface area (Å²) in [5, 5.41) is 0. The van der Waals surface area contributed by atoms with Gasteiger partial charge in [0.15, 0.2) is 6.10 Å². The van der Waals surface area contributed by atoms with Crippen LogP contribution < -0.4 is 9.64 Å². The van der Waals surface area contributed by atoms with Crippen molar-refractivity contribution in [1.29, 1.82) is 0 Å². The molecule has 1 aromatic carbocycles. The lowest BCUT2D eigenvalue weighted by Crippen LogP contribution is -3.16. The summed E-state index contributed by atoms with van der Waals surface area (Å²) >= 11 is 0. The van der Waals surface area contributed by atoms with Crippen LogP contribution in [0.5, 0.6) is 5.75 Å². The molecule has 3 aliphatic heterocycles. The Balaban J connectivity index is 1.64. The van der Waals surface area contributed by atoms with Gasteiger partial charge in [0, 0.05) is 18.8 Å². The molecule has 0 aliphatic carbocycles. The van der Waals surface area contributed by atoms with Crippen LogP contribution in [0.25, 0.3) is 0 Å². The average Bonchev–Trinajstić information content (AvgIpc) is 2.48. The van der Waals surface area contributed by atoms with E-state index in [0.717, 1.165) is 12.3 Å². The molecular formula is C15H20NO3+. The van der Waals surface area contributed by atoms with Crippen molar-refractivity contribution < 1.29 is 19.2 Å². The zero-order valence-electron chi connectivity index (χ0n) is 11.2. The first kappa shape index (κ1) is 12.5. The lowest BCUT2D eigenvalue weighted by molar-refractivity contribution is -0.920. The Bertz CT molecular complexity index is 449. The molecule has 3 heterocycles. The molecule has 3 fully saturated rings. The number of hydrogen-bond donors (Lipinski definition) is 1. The Labute approximate surface area is 113 Å². The fraction of sp³-hybridized carbons (Fsp3) is 0.533. The molecule has 0 amide bonds. The van der Waals surface area contributed by atoms with Crippen LogP contribution in [0.2, 0.25) is 0 Å². The van der Waals surface area contributed by atoms with Crippen molar-refractivity contribution >= 4 is 5.97 Å². The van der Waals surface area contributed by atoms with Crippen LogP contribution in [0.15, 0.2) is 24.3 Å². The lowest BCUT2D eigenvalue weighted by Gasteiger charge is -2.41. The Morgan fingerprint density at radius 2 is 1.89 bits per heavy atom. The minimum absolute atomic E-state index is 0.104. The van der Waals surface area contributed by atoms with Gasteiger partial charge < -0.3 is 14.4 Å². The standard InChI is InChI=1S/C15H19NO3/c1-18-13-4-2-12(3-5-13)15(17)19-14-10-16-8-6-11(14)7-9-16/h2-5,11,14H,6-10H2,1H3/p+1/t14-/m1/s1. The number of hydrogen-bond acceptors (Lipinski definition) is 3. The number of quaternary nitrogens is 1. The summed E-state index contributed by atoms with van der Waals surface area (Å²) in [5.41, 5.74) is 0.604. The first-order valence-corrected chi connectivity index (χ1v) is 6.95. The molecule has 19 heavy (non-hydrogen) atoms. The third kappa shape index (κ3) is 2.59. The molecule has 0 radical (unpaired) electrons. The van der Waals surface area contributed by atoms with Gasteiger partial charge >= 0.3 is 5.97 Å². The van der Waals surface area contributed by atoms with Crippen molar-refractivity contribution in [1.82, 2.24) is 0 Å². The number of carbonyl (C=O) groups is 1. The first-order chi connectivity index (χ1) is 9.26. The largest absolute Gasteiger partial charge is 0.497 e. The number of ether oxygens (including phenoxy) is 2. The third-order valence-electron chi connectivity index (χ3n) is 4.34. The summed E-state index contributed by atoms with van der Waals surface area (Å²) < 4.78 is 10.8. The molecule has 0 spiro atoms. The van der Waals surface area contributed by atoms with Gasteiger partial charge in [-0.3, -0.25) is 0 Å². The molecule has 4 heteroatoms. The van der Waals surface area contributed by atoms with E-state index in [9.17, 15) is 4.79 Å². The van der Waals surface area contributed by atoms with E-state index in [0.29, 0.717) is 11.5 Å². The fourth-order valence-corrected chi connectivity index (χ4v) is 3.15. The van der Waals surface area contributed by atoms with Gasteiger partial charge in [-0.2, -0.15) is 0 Å². The number of esters is 1. The van der Waals surface area contributed by atoms with E-state index < -0.39 is 0 Å². The van der Waals surface area contributed by atoms with Gasteiger partial charge in [0.25, 0.3) is 0 Å². The van der Waals surface area contributed by atoms with Crippen molar-refractivity contribution in [3.05, 3.63) is 29.8 Å². The molecule has 0 unspecified atom stereocenters. The van der Waals surface area contributed by atoms with E-state index in [1.54, 1.807) is 36.3 Å². The predicted octanol–water partition coefficient (Wildman–Crippen LogP) is 0.529. The summed E-state index contributed by atoms with van der Waals surface area (Å²) in [6.45, 7) is 3.45. The highest BCUT2D eigenvalue weighted by Crippen LogP contribution is 2.22. The monoisotopic (exact) mass is 262 g/mol. The minimum Gasteiger partial charge on any atom is -0.497 e. The van der Waals surface area contributed by atoms with Gasteiger partial charge in [-0.15, -0.1) is 0 Å². The van der Waals surface area contributed by atoms with Crippen molar-refractivity contribution in [2.45, 2.75) is 18.9 Å². The van der Waals surface area contributed by atoms with Crippen molar-refractivity contribution in [2.24, 2.45) is 5.92 Å². The number of rotatable bonds is 3. The molecule has 1 N–H and O–H groups in total. The highest BCUT2D eigenvalue weighted by molar-refractivity contribution is 5.89. The van der Waals surface area contributed by atoms with E-state index in [2.05, 4.69) is 0 Å². The second-order valence-corrected chi connectivity index (χ2v) is 5.46. The zero-order valence-corrected chi connectivity index (χ0v) is 11.2. The van der Waals surface area contributed by atoms with E-state index in [4.69, 9.17) is 9.47 Å². The van der Waals surface area contributed by atoms with Crippen LogP contribution in [0, 0.1) is 5.92 Å². The minimum atomic E-state index is -0.208. The van der Waals surface area contributed by atoms with Gasteiger partial charge in [-0.25, -0.2) is 4.79 Å². The lowest BCUT2D eigenvalue weighted by atomic mass is 9.86. The highest BCUT2D eigenvalue weighted by Gasteiger charge is 2.39. The fourth-order valence-electron chi connectivity index (χ4n) is 3.15. The summed E-state index contributed by atoms with van der Waals surface area (Å²) in [4.78, 5) is 13.7. The number of piperidine rings is 3. The quantitative estimate of drug-likeness (QED) is 0.808. The van der Waals surface area contributed by atoms with E-state index in [1.807, 2.05) is 0 Å². The van der Waals surface area contributed by atoms with Crippen LogP contribution in [-0.4, -0.2) is 38.8 Å². The van der Waals surface area contributed by atoms with Gasteiger partial charge in [0.05, 0.1) is 25.8 Å². The van der Waals surface area contributed by atoms with Gasteiger partial charge in [0.1, 0.15) is 12.3 Å². The number of fused-ring (bicyclic) bond motifs is 3. The Morgan fingerprint density at radius 3 is 2.42 bits per heavy atom. The predicted molar refractivity (Wildman–Crippen MR) is 70.5 cm³/mol. The maximum Gasteiger partial charge on any atom is 0.338 e. The molecule has 1 aromatic rings. The molecule has 4 nitrogen and oxygen atoms in total. The summed E-state index contributed by atoms with van der Waals surface area (Å²) in [6.07, 6.45) is 2.48. The number of methoxy groups -OCH3 is 1. The van der Waals surface area contributed by atoms with Gasteiger partial charge in [0.2, 0.25) is 0 Å². The maximum atomic E-state index is 12.1. The maximum absolute atomic E-state index is 12.1. The van der Waals surface area contributed by atoms with Crippen LogP contribution >= 0.6 is 0 Å². The topological polar surface area (TPSA) is 40.0 Å². The number of benzene rings is 1. The third-order valence-corrected chi connectivity index (χ3v) is 4.34. The molecule has 4 rings (SSSR count). The molecule has 3 saturated heterocycles. The first-order valence-electron chi connectivity index (χ1n) is 6.95. The zero-order chi connectivity index (χ0) is 13.2.